The van der Waals surface area contributed by atoms with Crippen molar-refractivity contribution in [3.05, 3.63) is 28.7 Å². The molecule has 0 heterocycles. The Bertz CT molecular complexity index is 325. The Morgan fingerprint density at radius 1 is 1.24 bits per heavy atom. The van der Waals surface area contributed by atoms with Crippen molar-refractivity contribution in [2.75, 3.05) is 26.4 Å². The van der Waals surface area contributed by atoms with Crippen LogP contribution in [0.1, 0.15) is 6.92 Å². The van der Waals surface area contributed by atoms with Gasteiger partial charge in [-0.15, -0.1) is 0 Å². The third kappa shape index (κ3) is 5.04. The zero-order valence-electron chi connectivity index (χ0n) is 9.82. The first-order chi connectivity index (χ1) is 8.09. The normalized spacial score (nSPS) is 11.5. The Kier molecular flexibility index (Phi) is 5.91. The molecule has 5 heteroatoms. The summed E-state index contributed by atoms with van der Waals surface area (Å²) in [5.41, 5.74) is -0.650. The highest BCUT2D eigenvalue weighted by Crippen LogP contribution is 2.15. The van der Waals surface area contributed by atoms with Crippen molar-refractivity contribution in [1.82, 2.24) is 5.32 Å². The van der Waals surface area contributed by atoms with E-state index in [9.17, 15) is 0 Å². The minimum Gasteiger partial charge on any atom is -0.492 e. The van der Waals surface area contributed by atoms with Gasteiger partial charge in [0, 0.05) is 11.0 Å². The summed E-state index contributed by atoms with van der Waals surface area (Å²) in [4.78, 5) is 0. The third-order valence-corrected chi connectivity index (χ3v) is 2.96. The van der Waals surface area contributed by atoms with Crippen LogP contribution >= 0.6 is 15.9 Å². The second-order valence-electron chi connectivity index (χ2n) is 4.11. The van der Waals surface area contributed by atoms with Gasteiger partial charge in [0.05, 0.1) is 18.8 Å². The predicted octanol–water partition coefficient (Wildman–Crippen LogP) is 1.16. The van der Waals surface area contributed by atoms with E-state index in [1.54, 1.807) is 6.92 Å². The van der Waals surface area contributed by atoms with E-state index < -0.39 is 5.54 Å². The van der Waals surface area contributed by atoms with Crippen LogP contribution in [0.15, 0.2) is 28.7 Å². The number of hydrogen-bond acceptors (Lipinski definition) is 4. The van der Waals surface area contributed by atoms with E-state index in [1.165, 1.54) is 0 Å². The maximum Gasteiger partial charge on any atom is 0.119 e. The lowest BCUT2D eigenvalue weighted by Crippen LogP contribution is -2.50. The highest BCUT2D eigenvalue weighted by atomic mass is 79.9. The van der Waals surface area contributed by atoms with Gasteiger partial charge in [0.1, 0.15) is 12.4 Å². The van der Waals surface area contributed by atoms with Crippen LogP contribution in [0.4, 0.5) is 0 Å². The molecule has 3 N–H and O–H groups in total. The zero-order chi connectivity index (χ0) is 12.7. The van der Waals surface area contributed by atoms with E-state index in [-0.39, 0.29) is 13.2 Å². The van der Waals surface area contributed by atoms with Gasteiger partial charge in [0.15, 0.2) is 0 Å². The summed E-state index contributed by atoms with van der Waals surface area (Å²) in [6.45, 7) is 2.58. The van der Waals surface area contributed by atoms with Crippen LogP contribution in [0.2, 0.25) is 0 Å². The van der Waals surface area contributed by atoms with Gasteiger partial charge in [0.2, 0.25) is 0 Å². The zero-order valence-corrected chi connectivity index (χ0v) is 11.4. The van der Waals surface area contributed by atoms with E-state index in [0.29, 0.717) is 13.2 Å². The van der Waals surface area contributed by atoms with Gasteiger partial charge in [-0.05, 0) is 31.2 Å². The van der Waals surface area contributed by atoms with E-state index in [4.69, 9.17) is 14.9 Å². The standard InChI is InChI=1S/C12H18BrNO3/c1-12(8-15,9-16)14-6-7-17-11-4-2-10(13)3-5-11/h2-5,14-16H,6-9H2,1H3. The molecular formula is C12H18BrNO3. The van der Waals surface area contributed by atoms with Gasteiger partial charge >= 0.3 is 0 Å². The molecule has 0 aliphatic heterocycles. The van der Waals surface area contributed by atoms with Crippen molar-refractivity contribution in [3.8, 4) is 5.75 Å². The van der Waals surface area contributed by atoms with Gasteiger partial charge in [-0.1, -0.05) is 15.9 Å². The van der Waals surface area contributed by atoms with E-state index in [0.717, 1.165) is 10.2 Å². The van der Waals surface area contributed by atoms with Crippen LogP contribution in [-0.4, -0.2) is 42.1 Å². The molecular weight excluding hydrogens is 286 g/mol. The first-order valence-corrected chi connectivity index (χ1v) is 6.24. The number of aliphatic hydroxyl groups excluding tert-OH is 2. The molecule has 0 saturated carbocycles. The summed E-state index contributed by atoms with van der Waals surface area (Å²) < 4.78 is 6.51. The summed E-state index contributed by atoms with van der Waals surface area (Å²) in [6, 6.07) is 7.57. The topological polar surface area (TPSA) is 61.7 Å². The quantitative estimate of drug-likeness (QED) is 0.662. The van der Waals surface area contributed by atoms with Crippen molar-refractivity contribution in [3.63, 3.8) is 0 Å². The van der Waals surface area contributed by atoms with E-state index >= 15 is 0 Å². The van der Waals surface area contributed by atoms with Crippen LogP contribution in [0.5, 0.6) is 5.75 Å². The fourth-order valence-electron chi connectivity index (χ4n) is 1.21. The SMILES string of the molecule is CC(CO)(CO)NCCOc1ccc(Br)cc1. The Balaban J connectivity index is 2.26. The van der Waals surface area contributed by atoms with E-state index in [1.807, 2.05) is 24.3 Å². The number of ether oxygens (including phenoxy) is 1. The maximum absolute atomic E-state index is 9.06. The maximum atomic E-state index is 9.06. The second kappa shape index (κ2) is 6.96. The molecule has 0 aromatic heterocycles. The number of hydrogen-bond donors (Lipinski definition) is 3. The number of rotatable bonds is 7. The summed E-state index contributed by atoms with van der Waals surface area (Å²) in [7, 11) is 0. The molecule has 4 nitrogen and oxygen atoms in total. The van der Waals surface area contributed by atoms with Crippen molar-refractivity contribution >= 4 is 15.9 Å². The summed E-state index contributed by atoms with van der Waals surface area (Å²) >= 11 is 3.35. The molecule has 96 valence electrons. The first-order valence-electron chi connectivity index (χ1n) is 5.45. The minimum atomic E-state index is -0.650. The van der Waals surface area contributed by atoms with Gasteiger partial charge in [-0.2, -0.15) is 0 Å². The fourth-order valence-corrected chi connectivity index (χ4v) is 1.48. The predicted molar refractivity (Wildman–Crippen MR) is 70.2 cm³/mol. The van der Waals surface area contributed by atoms with Crippen molar-refractivity contribution < 1.29 is 14.9 Å². The number of aliphatic hydroxyl groups is 2. The lowest BCUT2D eigenvalue weighted by atomic mass is 10.1. The van der Waals surface area contributed by atoms with Crippen LogP contribution in [0.25, 0.3) is 0 Å². The summed E-state index contributed by atoms with van der Waals surface area (Å²) in [5, 5.41) is 21.2. The largest absolute Gasteiger partial charge is 0.492 e. The van der Waals surface area contributed by atoms with Crippen LogP contribution < -0.4 is 10.1 Å². The summed E-state index contributed by atoms with van der Waals surface area (Å²) in [5.74, 6) is 0.796. The highest BCUT2D eigenvalue weighted by Gasteiger charge is 2.20. The molecule has 1 aromatic rings. The second-order valence-corrected chi connectivity index (χ2v) is 5.02. The molecule has 0 bridgehead atoms. The van der Waals surface area contributed by atoms with E-state index in [2.05, 4.69) is 21.2 Å². The van der Waals surface area contributed by atoms with Gasteiger partial charge in [-0.25, -0.2) is 0 Å². The fraction of sp³-hybridized carbons (Fsp3) is 0.500. The molecule has 0 aliphatic rings. The molecule has 1 aromatic carbocycles. The number of halogens is 1. The average Bonchev–Trinajstić information content (AvgIpc) is 2.36. The Hall–Kier alpha value is -0.620. The highest BCUT2D eigenvalue weighted by molar-refractivity contribution is 9.10. The third-order valence-electron chi connectivity index (χ3n) is 2.43. The number of nitrogens with one attached hydrogen (secondary N) is 1. The Labute approximate surface area is 110 Å². The smallest absolute Gasteiger partial charge is 0.119 e. The van der Waals surface area contributed by atoms with Gasteiger partial charge in [0.25, 0.3) is 0 Å². The van der Waals surface area contributed by atoms with Crippen LogP contribution in [0, 0.1) is 0 Å². The van der Waals surface area contributed by atoms with Crippen molar-refractivity contribution in [1.29, 1.82) is 0 Å². The molecule has 0 atom stereocenters. The lowest BCUT2D eigenvalue weighted by Gasteiger charge is -2.26. The molecule has 0 unspecified atom stereocenters. The Morgan fingerprint density at radius 2 is 1.82 bits per heavy atom. The summed E-state index contributed by atoms with van der Waals surface area (Å²) in [6.07, 6.45) is 0. The molecule has 0 aliphatic carbocycles. The van der Waals surface area contributed by atoms with Crippen LogP contribution in [-0.2, 0) is 0 Å². The molecule has 17 heavy (non-hydrogen) atoms. The average molecular weight is 304 g/mol. The molecule has 1 rings (SSSR count). The molecule has 0 spiro atoms. The van der Waals surface area contributed by atoms with Crippen molar-refractivity contribution in [2.45, 2.75) is 12.5 Å². The molecule has 0 radical (unpaired) electrons. The minimum absolute atomic E-state index is 0.109. The monoisotopic (exact) mass is 303 g/mol. The van der Waals surface area contributed by atoms with Crippen molar-refractivity contribution in [2.24, 2.45) is 0 Å². The number of benzene rings is 1. The first kappa shape index (κ1) is 14.4. The lowest BCUT2D eigenvalue weighted by molar-refractivity contribution is 0.101. The Morgan fingerprint density at radius 3 is 2.35 bits per heavy atom. The molecule has 0 fully saturated rings. The molecule has 0 saturated heterocycles. The van der Waals surface area contributed by atoms with Crippen LogP contribution in [0.3, 0.4) is 0 Å². The van der Waals surface area contributed by atoms with Gasteiger partial charge < -0.3 is 20.3 Å². The van der Waals surface area contributed by atoms with Gasteiger partial charge in [-0.3, -0.25) is 0 Å². The molecule has 0 amide bonds.